The number of carbonyl (C=O) groups is 2. The number of phosphoric acid groups is 1. The third-order valence-electron chi connectivity index (χ3n) is 6.96. The molecule has 0 fully saturated rings. The lowest BCUT2D eigenvalue weighted by Crippen LogP contribution is -2.38. The van der Waals surface area contributed by atoms with E-state index in [1.165, 1.54) is 43.1 Å². The molecule has 3 aromatic carbocycles. The zero-order valence-corrected chi connectivity index (χ0v) is 24.9. The first kappa shape index (κ1) is 31.3. The molecule has 4 aromatic rings. The van der Waals surface area contributed by atoms with Crippen LogP contribution in [0.3, 0.4) is 0 Å². The third-order valence-corrected chi connectivity index (χ3v) is 7.40. The molecule has 0 saturated heterocycles. The first-order valence-electron chi connectivity index (χ1n) is 13.5. The Bertz CT molecular complexity index is 1720. The van der Waals surface area contributed by atoms with Gasteiger partial charge in [-0.25, -0.2) is 8.96 Å². The van der Waals surface area contributed by atoms with E-state index in [1.807, 2.05) is 0 Å². The van der Waals surface area contributed by atoms with Gasteiger partial charge in [0.2, 0.25) is 5.91 Å². The van der Waals surface area contributed by atoms with Crippen LogP contribution in [0.15, 0.2) is 65.1 Å². The fraction of sp³-hybridized carbons (Fsp3) is 0.267. The van der Waals surface area contributed by atoms with Crippen LogP contribution in [0, 0.1) is 5.82 Å². The van der Waals surface area contributed by atoms with Crippen molar-refractivity contribution in [3.63, 3.8) is 0 Å². The number of carbonyl (C=O) groups excluding carboxylic acids is 2. The largest absolute Gasteiger partial charge is 0.471 e. The summed E-state index contributed by atoms with van der Waals surface area (Å²) in [7, 11) is -3.19. The predicted molar refractivity (Wildman–Crippen MR) is 157 cm³/mol. The molecule has 0 bridgehead atoms. The van der Waals surface area contributed by atoms with Gasteiger partial charge in [0.15, 0.2) is 6.79 Å². The van der Waals surface area contributed by atoms with Crippen LogP contribution in [0.4, 0.5) is 10.1 Å². The number of hydrogen-bond donors (Lipinski definition) is 3. The number of halogens is 1. The number of rotatable bonds is 9. The molecule has 12 nitrogen and oxygen atoms in total. The average molecular weight is 629 g/mol. The van der Waals surface area contributed by atoms with Crippen LogP contribution in [-0.2, 0) is 23.4 Å². The number of anilines is 1. The first-order chi connectivity index (χ1) is 20.9. The van der Waals surface area contributed by atoms with Crippen molar-refractivity contribution in [2.45, 2.75) is 26.1 Å². The van der Waals surface area contributed by atoms with E-state index >= 15 is 0 Å². The van der Waals surface area contributed by atoms with E-state index in [2.05, 4.69) is 9.84 Å². The molecule has 3 N–H and O–H groups in total. The van der Waals surface area contributed by atoms with Gasteiger partial charge in [0.05, 0.1) is 36.6 Å². The van der Waals surface area contributed by atoms with Crippen LogP contribution in [0.2, 0.25) is 0 Å². The lowest BCUT2D eigenvalue weighted by molar-refractivity contribution is -0.117. The van der Waals surface area contributed by atoms with Gasteiger partial charge >= 0.3 is 7.82 Å². The number of ether oxygens (including phenoxy) is 3. The zero-order valence-electron chi connectivity index (χ0n) is 24.0. The van der Waals surface area contributed by atoms with E-state index in [1.54, 1.807) is 43.3 Å². The maximum Gasteiger partial charge on any atom is 0.471 e. The Hall–Kier alpha value is -4.10. The summed E-state index contributed by atoms with van der Waals surface area (Å²) in [6, 6.07) is 16.0. The van der Waals surface area contributed by atoms with Gasteiger partial charge in [-0.15, -0.1) is 0 Å². The van der Waals surface area contributed by atoms with Crippen molar-refractivity contribution >= 4 is 36.3 Å². The Balaban J connectivity index is 1.48. The Morgan fingerprint density at radius 2 is 1.75 bits per heavy atom. The number of phosphoric ester groups is 1. The lowest BCUT2D eigenvalue weighted by atomic mass is 10.00. The smallest absolute Gasteiger partial charge is 0.457 e. The van der Waals surface area contributed by atoms with Gasteiger partial charge in [-0.2, -0.15) is 0 Å². The number of benzene rings is 3. The van der Waals surface area contributed by atoms with E-state index in [-0.39, 0.29) is 36.3 Å². The second-order valence-corrected chi connectivity index (χ2v) is 11.3. The van der Waals surface area contributed by atoms with Crippen molar-refractivity contribution in [1.29, 1.82) is 0 Å². The number of amides is 2. The van der Waals surface area contributed by atoms with E-state index in [9.17, 15) is 18.5 Å². The van der Waals surface area contributed by atoms with Crippen LogP contribution in [-0.4, -0.2) is 54.7 Å². The molecule has 1 aromatic heterocycles. The number of nitrogens with one attached hydrogen (secondary N) is 1. The Labute approximate surface area is 251 Å². The number of furan rings is 1. The van der Waals surface area contributed by atoms with Gasteiger partial charge in [-0.3, -0.25) is 14.1 Å². The topological polar surface area (TPSA) is 157 Å². The van der Waals surface area contributed by atoms with Crippen molar-refractivity contribution in [2.24, 2.45) is 0 Å². The van der Waals surface area contributed by atoms with E-state index in [0.29, 0.717) is 45.0 Å². The highest BCUT2D eigenvalue weighted by Gasteiger charge is 2.32. The lowest BCUT2D eigenvalue weighted by Gasteiger charge is -2.24. The van der Waals surface area contributed by atoms with Gasteiger partial charge < -0.3 is 38.6 Å². The number of nitrogens with zero attached hydrogens (tertiary/aromatic N) is 1. The van der Waals surface area contributed by atoms with Crippen LogP contribution >= 0.6 is 7.82 Å². The summed E-state index contributed by atoms with van der Waals surface area (Å²) in [5.74, 6) is 0.239. The summed E-state index contributed by atoms with van der Waals surface area (Å²) in [5.41, 5.74) is 2.41. The highest BCUT2D eigenvalue weighted by molar-refractivity contribution is 7.46. The summed E-state index contributed by atoms with van der Waals surface area (Å²) in [6.45, 7) is 2.51. The average Bonchev–Trinajstić information content (AvgIpc) is 3.29. The summed E-state index contributed by atoms with van der Waals surface area (Å²) >= 11 is 0. The molecule has 0 aliphatic carbocycles. The minimum Gasteiger partial charge on any atom is -0.457 e. The fourth-order valence-electron chi connectivity index (χ4n) is 4.96. The van der Waals surface area contributed by atoms with Crippen molar-refractivity contribution in [3.8, 4) is 22.8 Å². The molecular weight excluding hydrogens is 598 g/mol. The molecule has 1 aliphatic heterocycles. The minimum atomic E-state index is -4.70. The second kappa shape index (κ2) is 12.9. The second-order valence-electron chi connectivity index (χ2n) is 10.0. The monoisotopic (exact) mass is 628 g/mol. The van der Waals surface area contributed by atoms with E-state index in [0.717, 1.165) is 0 Å². The molecule has 14 heteroatoms. The van der Waals surface area contributed by atoms with Crippen molar-refractivity contribution in [2.75, 3.05) is 31.9 Å². The minimum absolute atomic E-state index is 0.0828. The molecule has 2 amide bonds. The SMILES string of the molecule is CNC(=O)c1c(-c2ccc(Oc3ccc(F)cc3)cc2)oc2cc3c(cc12)C(C)OC(COCOP(=O)(O)O)CN3C(C)=O. The van der Waals surface area contributed by atoms with Crippen LogP contribution in [0.1, 0.15) is 35.9 Å². The predicted octanol–water partition coefficient (Wildman–Crippen LogP) is 5.29. The maximum absolute atomic E-state index is 13.2. The maximum atomic E-state index is 13.2. The van der Waals surface area contributed by atoms with Gasteiger partial charge in [0.1, 0.15) is 28.7 Å². The Kier molecular flexibility index (Phi) is 9.16. The van der Waals surface area contributed by atoms with Gasteiger partial charge in [-0.1, -0.05) is 0 Å². The molecule has 0 radical (unpaired) electrons. The molecule has 44 heavy (non-hydrogen) atoms. The van der Waals surface area contributed by atoms with Crippen molar-refractivity contribution < 1.29 is 51.5 Å². The van der Waals surface area contributed by atoms with Crippen LogP contribution < -0.4 is 15.0 Å². The zero-order chi connectivity index (χ0) is 31.6. The molecule has 1 aliphatic rings. The molecular formula is C30H30FN2O10P. The van der Waals surface area contributed by atoms with E-state index < -0.39 is 26.8 Å². The van der Waals surface area contributed by atoms with Crippen LogP contribution in [0.25, 0.3) is 22.3 Å². The molecule has 2 atom stereocenters. The highest BCUT2D eigenvalue weighted by atomic mass is 31.2. The Morgan fingerprint density at radius 1 is 1.09 bits per heavy atom. The quantitative estimate of drug-likeness (QED) is 0.126. The summed E-state index contributed by atoms with van der Waals surface area (Å²) in [6.07, 6.45) is -1.22. The number of hydrogen-bond acceptors (Lipinski definition) is 8. The molecule has 0 spiro atoms. The Morgan fingerprint density at radius 3 is 2.36 bits per heavy atom. The highest BCUT2D eigenvalue weighted by Crippen LogP contribution is 2.42. The standard InChI is InChI=1S/C30H30FN2O10P/c1-17-24-12-25-27(13-26(24)33(18(2)34)14-23(41-17)15-39-16-40-44(36,37)38)43-29(28(25)30(35)32-3)19-4-8-21(9-5-19)42-22-10-6-20(31)7-11-22/h4-13,17,23H,14-16H2,1-3H3,(H,32,35)(H2,36,37,38). The van der Waals surface area contributed by atoms with Crippen molar-refractivity contribution in [3.05, 3.63) is 77.6 Å². The normalized spacial score (nSPS) is 16.8. The summed E-state index contributed by atoms with van der Waals surface area (Å²) in [5, 5.41) is 3.17. The first-order valence-corrected chi connectivity index (χ1v) is 15.0. The van der Waals surface area contributed by atoms with Gasteiger partial charge in [-0.05, 0) is 61.5 Å². The fourth-order valence-corrected chi connectivity index (χ4v) is 5.17. The van der Waals surface area contributed by atoms with Crippen LogP contribution in [0.5, 0.6) is 11.5 Å². The molecule has 232 valence electrons. The molecule has 2 unspecified atom stereocenters. The molecule has 2 heterocycles. The third kappa shape index (κ3) is 6.99. The molecule has 5 rings (SSSR count). The van der Waals surface area contributed by atoms with E-state index in [4.69, 9.17) is 28.4 Å². The summed E-state index contributed by atoms with van der Waals surface area (Å²) in [4.78, 5) is 45.2. The van der Waals surface area contributed by atoms with Gasteiger partial charge in [0.25, 0.3) is 5.91 Å². The van der Waals surface area contributed by atoms with Gasteiger partial charge in [0, 0.05) is 36.6 Å². The molecule has 0 saturated carbocycles. The number of fused-ring (bicyclic) bond motifs is 2. The summed E-state index contributed by atoms with van der Waals surface area (Å²) < 4.78 is 51.9. The van der Waals surface area contributed by atoms with Crippen molar-refractivity contribution in [1.82, 2.24) is 5.32 Å².